The molecule has 3 rings (SSSR count). The van der Waals surface area contributed by atoms with Crippen LogP contribution in [0.3, 0.4) is 0 Å². The quantitative estimate of drug-likeness (QED) is 0.453. The van der Waals surface area contributed by atoms with E-state index in [-0.39, 0.29) is 4.21 Å². The first-order valence-corrected chi connectivity index (χ1v) is 10.5. The van der Waals surface area contributed by atoms with E-state index < -0.39 is 28.6 Å². The van der Waals surface area contributed by atoms with Crippen molar-refractivity contribution in [2.45, 2.75) is 4.21 Å². The van der Waals surface area contributed by atoms with Gasteiger partial charge in [-0.25, -0.2) is 13.2 Å². The zero-order chi connectivity index (χ0) is 20.9. The number of benzene rings is 1. The highest BCUT2D eigenvalue weighted by atomic mass is 32.2. The molecule has 0 spiro atoms. The second-order valence-corrected chi connectivity index (χ2v) is 8.81. The largest absolute Gasteiger partial charge is 0.480 e. The minimum atomic E-state index is -3.90. The van der Waals surface area contributed by atoms with E-state index in [0.29, 0.717) is 21.8 Å². The number of amides is 2. The lowest BCUT2D eigenvalue weighted by molar-refractivity contribution is -0.135. The van der Waals surface area contributed by atoms with Crippen LogP contribution >= 0.6 is 11.3 Å². The van der Waals surface area contributed by atoms with Gasteiger partial charge in [0, 0.05) is 28.6 Å². The fraction of sp³-hybridized carbons (Fsp3) is 0.0556. The van der Waals surface area contributed by atoms with Gasteiger partial charge in [0.15, 0.2) is 0 Å². The number of sulfonamides is 1. The zero-order valence-corrected chi connectivity index (χ0v) is 16.5. The third-order valence-electron chi connectivity index (χ3n) is 3.60. The lowest BCUT2D eigenvalue weighted by Gasteiger charge is -2.08. The molecule has 150 valence electrons. The number of nitrogens with zero attached hydrogens (tertiary/aromatic N) is 1. The van der Waals surface area contributed by atoms with Gasteiger partial charge in [0.25, 0.3) is 10.0 Å². The van der Waals surface area contributed by atoms with Gasteiger partial charge in [0.05, 0.1) is 0 Å². The van der Waals surface area contributed by atoms with Gasteiger partial charge >= 0.3 is 12.0 Å². The Kier molecular flexibility index (Phi) is 6.22. The highest BCUT2D eigenvalue weighted by molar-refractivity contribution is 7.91. The molecular formula is C18H16N4O5S2. The number of aliphatic carboxylic acids is 1. The molecule has 0 saturated carbocycles. The van der Waals surface area contributed by atoms with Crippen molar-refractivity contribution in [3.05, 3.63) is 60.9 Å². The summed E-state index contributed by atoms with van der Waals surface area (Å²) in [6.07, 6.45) is 3.12. The van der Waals surface area contributed by atoms with Crippen LogP contribution in [0.1, 0.15) is 0 Å². The number of aromatic nitrogens is 1. The molecule has 0 aliphatic rings. The van der Waals surface area contributed by atoms with Crippen molar-refractivity contribution >= 4 is 44.7 Å². The predicted octanol–water partition coefficient (Wildman–Crippen LogP) is 2.82. The molecule has 1 aromatic carbocycles. The molecule has 0 aliphatic carbocycles. The van der Waals surface area contributed by atoms with Gasteiger partial charge in [-0.05, 0) is 42.0 Å². The molecule has 4 N–H and O–H groups in total. The molecule has 9 nitrogen and oxygen atoms in total. The van der Waals surface area contributed by atoms with Crippen LogP contribution in [0.2, 0.25) is 0 Å². The van der Waals surface area contributed by atoms with E-state index in [4.69, 9.17) is 5.11 Å². The van der Waals surface area contributed by atoms with E-state index in [9.17, 15) is 18.0 Å². The Balaban J connectivity index is 1.72. The zero-order valence-electron chi connectivity index (χ0n) is 14.8. The van der Waals surface area contributed by atoms with Crippen molar-refractivity contribution in [2.75, 3.05) is 17.2 Å². The Morgan fingerprint density at radius 3 is 2.45 bits per heavy atom. The Bertz CT molecular complexity index is 1130. The number of carbonyl (C=O) groups is 2. The summed E-state index contributed by atoms with van der Waals surface area (Å²) >= 11 is 0.996. The summed E-state index contributed by atoms with van der Waals surface area (Å²) in [5.41, 5.74) is 1.82. The summed E-state index contributed by atoms with van der Waals surface area (Å²) in [7, 11) is -3.90. The van der Waals surface area contributed by atoms with Crippen molar-refractivity contribution in [1.29, 1.82) is 0 Å². The average molecular weight is 432 g/mol. The maximum absolute atomic E-state index is 12.1. The molecule has 0 fully saturated rings. The van der Waals surface area contributed by atoms with Gasteiger partial charge in [0.2, 0.25) is 0 Å². The number of anilines is 2. The maximum atomic E-state index is 12.1. The van der Waals surface area contributed by atoms with Crippen LogP contribution < -0.4 is 15.4 Å². The van der Waals surface area contributed by atoms with Gasteiger partial charge in [-0.2, -0.15) is 4.72 Å². The number of hydrogen-bond donors (Lipinski definition) is 4. The first-order chi connectivity index (χ1) is 13.8. The first kappa shape index (κ1) is 20.5. The van der Waals surface area contributed by atoms with E-state index in [1.54, 1.807) is 54.9 Å². The molecule has 11 heteroatoms. The van der Waals surface area contributed by atoms with E-state index in [1.165, 1.54) is 6.07 Å². The van der Waals surface area contributed by atoms with Crippen molar-refractivity contribution in [3.63, 3.8) is 0 Å². The summed E-state index contributed by atoms with van der Waals surface area (Å²) in [6.45, 7) is -0.693. The number of rotatable bonds is 7. The number of pyridine rings is 1. The van der Waals surface area contributed by atoms with Gasteiger partial charge in [-0.15, -0.1) is 11.3 Å². The van der Waals surface area contributed by atoms with Gasteiger partial charge in [-0.1, -0.05) is 12.1 Å². The number of carboxylic acids is 1. The van der Waals surface area contributed by atoms with Crippen molar-refractivity contribution in [1.82, 2.24) is 9.71 Å². The van der Waals surface area contributed by atoms with Gasteiger partial charge < -0.3 is 15.7 Å². The SMILES string of the molecule is O=C(O)CNS(=O)(=O)c1ccc(-c2cccc(NC(=O)Nc3ccncc3)c2)s1. The van der Waals surface area contributed by atoms with E-state index >= 15 is 0 Å². The smallest absolute Gasteiger partial charge is 0.323 e. The number of thiophene rings is 1. The van der Waals surface area contributed by atoms with Crippen LogP contribution in [-0.4, -0.2) is 37.1 Å². The standard InChI is InChI=1S/C18H16N4O5S2/c23-16(24)11-20-29(26,27)17-5-4-15(28-17)12-2-1-3-14(10-12)22-18(25)21-13-6-8-19-9-7-13/h1-10,20H,11H2,(H,23,24)(H2,19,21,22,25). The Morgan fingerprint density at radius 1 is 1.00 bits per heavy atom. The van der Waals surface area contributed by atoms with Gasteiger partial charge in [0.1, 0.15) is 10.8 Å². The molecule has 2 heterocycles. The van der Waals surface area contributed by atoms with Gasteiger partial charge in [-0.3, -0.25) is 9.78 Å². The molecule has 0 radical (unpaired) electrons. The van der Waals surface area contributed by atoms with E-state index in [2.05, 4.69) is 15.6 Å². The average Bonchev–Trinajstić information content (AvgIpc) is 3.19. The van der Waals surface area contributed by atoms with Crippen molar-refractivity contribution < 1.29 is 23.1 Å². The summed E-state index contributed by atoms with van der Waals surface area (Å²) in [5.74, 6) is -1.27. The molecule has 2 aromatic heterocycles. The maximum Gasteiger partial charge on any atom is 0.323 e. The summed E-state index contributed by atoms with van der Waals surface area (Å²) < 4.78 is 26.3. The molecule has 0 aliphatic heterocycles. The van der Waals surface area contributed by atoms with Crippen LogP contribution in [0.25, 0.3) is 10.4 Å². The molecule has 0 atom stereocenters. The Morgan fingerprint density at radius 2 is 1.72 bits per heavy atom. The monoisotopic (exact) mass is 432 g/mol. The van der Waals surface area contributed by atoms with Crippen molar-refractivity contribution in [3.8, 4) is 10.4 Å². The van der Waals surface area contributed by atoms with Crippen LogP contribution in [0, 0.1) is 0 Å². The molecule has 2 amide bonds. The van der Waals surface area contributed by atoms with E-state index in [1.807, 2.05) is 4.72 Å². The highest BCUT2D eigenvalue weighted by Crippen LogP contribution is 2.32. The van der Waals surface area contributed by atoms with Crippen LogP contribution in [-0.2, 0) is 14.8 Å². The minimum absolute atomic E-state index is 0.00235. The van der Waals surface area contributed by atoms with Crippen LogP contribution in [0.15, 0.2) is 65.1 Å². The molecular weight excluding hydrogens is 416 g/mol. The fourth-order valence-electron chi connectivity index (χ4n) is 2.33. The summed E-state index contributed by atoms with van der Waals surface area (Å²) in [4.78, 5) is 27.2. The second kappa shape index (κ2) is 8.82. The fourth-order valence-corrected chi connectivity index (χ4v) is 4.65. The third kappa shape index (κ3) is 5.60. The number of nitrogens with one attached hydrogen (secondary N) is 3. The predicted molar refractivity (Wildman–Crippen MR) is 109 cm³/mol. The molecule has 29 heavy (non-hydrogen) atoms. The number of hydrogen-bond acceptors (Lipinski definition) is 6. The third-order valence-corrected chi connectivity index (χ3v) is 6.63. The number of carbonyl (C=O) groups excluding carboxylic acids is 1. The summed E-state index contributed by atoms with van der Waals surface area (Å²) in [6, 6.07) is 12.8. The normalized spacial score (nSPS) is 11.0. The minimum Gasteiger partial charge on any atom is -0.480 e. The molecule has 0 saturated heterocycles. The number of urea groups is 1. The topological polar surface area (TPSA) is 137 Å². The Labute approximate surface area is 170 Å². The molecule has 0 bridgehead atoms. The van der Waals surface area contributed by atoms with Crippen molar-refractivity contribution in [2.24, 2.45) is 0 Å². The lowest BCUT2D eigenvalue weighted by atomic mass is 10.1. The summed E-state index contributed by atoms with van der Waals surface area (Å²) in [5, 5.41) is 14.0. The molecule has 3 aromatic rings. The Hall–Kier alpha value is -3.28. The second-order valence-electron chi connectivity index (χ2n) is 5.73. The number of carboxylic acid groups (broad SMARTS) is 1. The highest BCUT2D eigenvalue weighted by Gasteiger charge is 2.18. The first-order valence-electron chi connectivity index (χ1n) is 8.23. The lowest BCUT2D eigenvalue weighted by Crippen LogP contribution is -2.28. The van der Waals surface area contributed by atoms with E-state index in [0.717, 1.165) is 11.3 Å². The van der Waals surface area contributed by atoms with Crippen LogP contribution in [0.4, 0.5) is 16.2 Å². The molecule has 0 unspecified atom stereocenters. The van der Waals surface area contributed by atoms with Crippen LogP contribution in [0.5, 0.6) is 0 Å².